The summed E-state index contributed by atoms with van der Waals surface area (Å²) >= 11 is 0. The van der Waals surface area contributed by atoms with E-state index in [0.717, 1.165) is 75.5 Å². The lowest BCUT2D eigenvalue weighted by molar-refractivity contribution is -0.137. The quantitative estimate of drug-likeness (QED) is 0.601. The highest BCUT2D eigenvalue weighted by Crippen LogP contribution is 2.27. The lowest BCUT2D eigenvalue weighted by Gasteiger charge is -2.33. The standard InChI is InChI=1S/C26H32N4O2/c1-28-24-9-5-4-8-23(24)27-25(28)19-30(13-12-29-14-16-32-17-15-29)26(31)22-11-10-20-6-2-3-7-21(20)18-22/h2-9,22H,10-19H2,1H3. The van der Waals surface area contributed by atoms with Crippen molar-refractivity contribution in [3.05, 3.63) is 65.5 Å². The van der Waals surface area contributed by atoms with Crippen LogP contribution in [0.25, 0.3) is 11.0 Å². The maximum atomic E-state index is 13.8. The van der Waals surface area contributed by atoms with Crippen LogP contribution in [0, 0.1) is 5.92 Å². The predicted molar refractivity (Wildman–Crippen MR) is 125 cm³/mol. The number of hydrogen-bond acceptors (Lipinski definition) is 4. The van der Waals surface area contributed by atoms with Crippen LogP contribution in [0.2, 0.25) is 0 Å². The van der Waals surface area contributed by atoms with Crippen molar-refractivity contribution in [1.29, 1.82) is 0 Å². The summed E-state index contributed by atoms with van der Waals surface area (Å²) in [7, 11) is 2.05. The Morgan fingerprint density at radius 2 is 1.84 bits per heavy atom. The molecule has 6 nitrogen and oxygen atoms in total. The molecule has 0 radical (unpaired) electrons. The average molecular weight is 433 g/mol. The fourth-order valence-electron chi connectivity index (χ4n) is 5.03. The molecular weight excluding hydrogens is 400 g/mol. The average Bonchev–Trinajstić information content (AvgIpc) is 3.17. The van der Waals surface area contributed by atoms with Gasteiger partial charge in [0.05, 0.1) is 30.8 Å². The molecule has 1 unspecified atom stereocenters. The number of rotatable bonds is 6. The number of ether oxygens (including phenoxy) is 1. The molecule has 0 spiro atoms. The fourth-order valence-corrected chi connectivity index (χ4v) is 5.03. The normalized spacial score (nSPS) is 19.1. The van der Waals surface area contributed by atoms with Gasteiger partial charge in [-0.15, -0.1) is 0 Å². The molecule has 1 amide bonds. The minimum atomic E-state index is 0.0456. The summed E-state index contributed by atoms with van der Waals surface area (Å²) in [5.41, 5.74) is 4.81. The molecule has 0 saturated carbocycles. The van der Waals surface area contributed by atoms with Crippen LogP contribution >= 0.6 is 0 Å². The number of morpholine rings is 1. The third kappa shape index (κ3) is 4.43. The van der Waals surface area contributed by atoms with Gasteiger partial charge >= 0.3 is 0 Å². The van der Waals surface area contributed by atoms with E-state index in [4.69, 9.17) is 9.72 Å². The molecule has 1 aliphatic carbocycles. The largest absolute Gasteiger partial charge is 0.379 e. The smallest absolute Gasteiger partial charge is 0.226 e. The van der Waals surface area contributed by atoms with Gasteiger partial charge in [0.15, 0.2) is 0 Å². The summed E-state index contributed by atoms with van der Waals surface area (Å²) in [6.45, 7) is 5.57. The zero-order valence-corrected chi connectivity index (χ0v) is 18.9. The van der Waals surface area contributed by atoms with E-state index in [-0.39, 0.29) is 11.8 Å². The van der Waals surface area contributed by atoms with Gasteiger partial charge < -0.3 is 14.2 Å². The molecule has 1 aliphatic heterocycles. The van der Waals surface area contributed by atoms with E-state index in [2.05, 4.69) is 44.7 Å². The Morgan fingerprint density at radius 3 is 2.66 bits per heavy atom. The topological polar surface area (TPSA) is 50.6 Å². The molecule has 1 saturated heterocycles. The van der Waals surface area contributed by atoms with Gasteiger partial charge in [0, 0.05) is 39.1 Å². The van der Waals surface area contributed by atoms with Gasteiger partial charge in [0.1, 0.15) is 5.82 Å². The molecule has 1 aromatic heterocycles. The molecule has 1 fully saturated rings. The van der Waals surface area contributed by atoms with Crippen LogP contribution < -0.4 is 0 Å². The lowest BCUT2D eigenvalue weighted by atomic mass is 9.83. The summed E-state index contributed by atoms with van der Waals surface area (Å²) in [5.74, 6) is 1.25. The second kappa shape index (κ2) is 9.43. The van der Waals surface area contributed by atoms with Crippen LogP contribution in [0.3, 0.4) is 0 Å². The number of carbonyl (C=O) groups excluding carboxylic acids is 1. The molecule has 0 N–H and O–H groups in total. The lowest BCUT2D eigenvalue weighted by Crippen LogP contribution is -2.45. The number of amides is 1. The van der Waals surface area contributed by atoms with Crippen molar-refractivity contribution in [1.82, 2.24) is 19.4 Å². The minimum Gasteiger partial charge on any atom is -0.379 e. The highest BCUT2D eigenvalue weighted by molar-refractivity contribution is 5.80. The molecule has 5 rings (SSSR count). The summed E-state index contributed by atoms with van der Waals surface area (Å²) in [5, 5.41) is 0. The van der Waals surface area contributed by atoms with E-state index >= 15 is 0 Å². The monoisotopic (exact) mass is 432 g/mol. The molecule has 32 heavy (non-hydrogen) atoms. The molecule has 6 heteroatoms. The SMILES string of the molecule is Cn1c(CN(CCN2CCOCC2)C(=O)C2CCc3ccccc3C2)nc2ccccc21. The number of fused-ring (bicyclic) bond motifs is 2. The summed E-state index contributed by atoms with van der Waals surface area (Å²) < 4.78 is 7.62. The van der Waals surface area contributed by atoms with Crippen LogP contribution in [0.15, 0.2) is 48.5 Å². The van der Waals surface area contributed by atoms with Crippen LogP contribution in [0.5, 0.6) is 0 Å². The van der Waals surface area contributed by atoms with Crippen LogP contribution in [0.4, 0.5) is 0 Å². The number of aryl methyl sites for hydroxylation is 2. The first-order valence-corrected chi connectivity index (χ1v) is 11.7. The Balaban J connectivity index is 1.36. The number of aromatic nitrogens is 2. The van der Waals surface area contributed by atoms with Crippen molar-refractivity contribution in [3.8, 4) is 0 Å². The van der Waals surface area contributed by atoms with Crippen LogP contribution in [-0.4, -0.2) is 64.7 Å². The number of nitrogens with zero attached hydrogens (tertiary/aromatic N) is 4. The number of carbonyl (C=O) groups is 1. The number of hydrogen-bond donors (Lipinski definition) is 0. The Kier molecular flexibility index (Phi) is 6.23. The first-order valence-electron chi connectivity index (χ1n) is 11.7. The number of benzene rings is 2. The first kappa shape index (κ1) is 21.2. The fraction of sp³-hybridized carbons (Fsp3) is 0.462. The van der Waals surface area contributed by atoms with Gasteiger partial charge in [0.2, 0.25) is 5.91 Å². The first-order chi connectivity index (χ1) is 15.7. The molecule has 3 aromatic rings. The molecule has 2 aromatic carbocycles. The van der Waals surface area contributed by atoms with Crippen molar-refractivity contribution in [2.24, 2.45) is 13.0 Å². The molecular formula is C26H32N4O2. The van der Waals surface area contributed by atoms with Gasteiger partial charge in [-0.05, 0) is 42.5 Å². The second-order valence-corrected chi connectivity index (χ2v) is 9.00. The van der Waals surface area contributed by atoms with Crippen molar-refractivity contribution in [3.63, 3.8) is 0 Å². The summed E-state index contributed by atoms with van der Waals surface area (Å²) in [4.78, 5) is 23.1. The number of para-hydroxylation sites is 2. The van der Waals surface area contributed by atoms with E-state index in [1.54, 1.807) is 0 Å². The van der Waals surface area contributed by atoms with Crippen LogP contribution in [0.1, 0.15) is 23.4 Å². The zero-order chi connectivity index (χ0) is 21.9. The summed E-state index contributed by atoms with van der Waals surface area (Å²) in [6, 6.07) is 16.7. The molecule has 1 atom stereocenters. The second-order valence-electron chi connectivity index (χ2n) is 9.00. The van der Waals surface area contributed by atoms with Crippen LogP contribution in [-0.2, 0) is 36.0 Å². The van der Waals surface area contributed by atoms with Crippen molar-refractivity contribution in [2.45, 2.75) is 25.8 Å². The van der Waals surface area contributed by atoms with Crippen molar-refractivity contribution < 1.29 is 9.53 Å². The van der Waals surface area contributed by atoms with E-state index < -0.39 is 0 Å². The summed E-state index contributed by atoms with van der Waals surface area (Å²) in [6.07, 6.45) is 2.74. The Morgan fingerprint density at radius 1 is 1.09 bits per heavy atom. The highest BCUT2D eigenvalue weighted by atomic mass is 16.5. The molecule has 2 heterocycles. The van der Waals surface area contributed by atoms with Gasteiger partial charge in [-0.3, -0.25) is 9.69 Å². The van der Waals surface area contributed by atoms with Gasteiger partial charge in [-0.1, -0.05) is 36.4 Å². The van der Waals surface area contributed by atoms with Gasteiger partial charge in [-0.2, -0.15) is 0 Å². The molecule has 2 aliphatic rings. The van der Waals surface area contributed by atoms with Crippen molar-refractivity contribution in [2.75, 3.05) is 39.4 Å². The van der Waals surface area contributed by atoms with E-state index in [1.165, 1.54) is 11.1 Å². The highest BCUT2D eigenvalue weighted by Gasteiger charge is 2.29. The Labute approximate surface area is 189 Å². The Bertz CT molecular complexity index is 1090. The van der Waals surface area contributed by atoms with Gasteiger partial charge in [-0.25, -0.2) is 4.98 Å². The van der Waals surface area contributed by atoms with E-state index in [9.17, 15) is 4.79 Å². The molecule has 0 bridgehead atoms. The minimum absolute atomic E-state index is 0.0456. The third-order valence-electron chi connectivity index (χ3n) is 7.01. The maximum absolute atomic E-state index is 13.8. The zero-order valence-electron chi connectivity index (χ0n) is 18.9. The Hall–Kier alpha value is -2.70. The van der Waals surface area contributed by atoms with E-state index in [1.807, 2.05) is 25.2 Å². The molecule has 168 valence electrons. The predicted octanol–water partition coefficient (Wildman–Crippen LogP) is 3.04. The number of imidazole rings is 1. The van der Waals surface area contributed by atoms with Gasteiger partial charge in [0.25, 0.3) is 0 Å². The third-order valence-corrected chi connectivity index (χ3v) is 7.01. The van der Waals surface area contributed by atoms with Crippen molar-refractivity contribution >= 4 is 16.9 Å². The maximum Gasteiger partial charge on any atom is 0.226 e. The van der Waals surface area contributed by atoms with E-state index in [0.29, 0.717) is 6.54 Å².